The van der Waals surface area contributed by atoms with Crippen molar-refractivity contribution >= 4 is 11.6 Å². The summed E-state index contributed by atoms with van der Waals surface area (Å²) >= 11 is 0. The molecule has 2 amide bonds. The van der Waals surface area contributed by atoms with E-state index in [1.165, 1.54) is 50.0 Å². The summed E-state index contributed by atoms with van der Waals surface area (Å²) in [6.07, 6.45) is 5.59. The second-order valence-electron chi connectivity index (χ2n) is 9.14. The van der Waals surface area contributed by atoms with Crippen LogP contribution in [0.3, 0.4) is 0 Å². The van der Waals surface area contributed by atoms with Crippen LogP contribution in [0.5, 0.6) is 0 Å². The van der Waals surface area contributed by atoms with Crippen LogP contribution in [0.4, 0.5) is 9.18 Å². The van der Waals surface area contributed by atoms with E-state index < -0.39 is 6.03 Å². The van der Waals surface area contributed by atoms with Crippen LogP contribution in [0, 0.1) is 5.82 Å². The van der Waals surface area contributed by atoms with E-state index in [2.05, 4.69) is 61.0 Å². The maximum Gasteiger partial charge on any atom is 0.317 e. The highest BCUT2D eigenvalue weighted by molar-refractivity contribution is 5.77. The number of nitrogens with one attached hydrogen (secondary N) is 1. The lowest BCUT2D eigenvalue weighted by molar-refractivity contribution is 0.160. The number of nitrogens with two attached hydrogens (primary N) is 1. The average molecular weight is 543 g/mol. The molecule has 6 nitrogen and oxygen atoms in total. The Kier molecular flexibility index (Phi) is 20.0. The van der Waals surface area contributed by atoms with E-state index >= 15 is 0 Å². The second-order valence-corrected chi connectivity index (χ2v) is 9.14. The second kappa shape index (κ2) is 21.7. The van der Waals surface area contributed by atoms with Crippen molar-refractivity contribution in [3.8, 4) is 0 Å². The molecule has 2 aromatic rings. The molecule has 1 heterocycles. The topological polar surface area (TPSA) is 70.8 Å². The maximum absolute atomic E-state index is 12.8. The first-order valence-electron chi connectivity index (χ1n) is 13.9. The SMILES string of the molecule is C=C(/C=C(/NC(N)=O)N(C)C)c1ccc(F)cc1.CC.CCCC.COCCN1CCC(c2ccccc2)C1. The molecule has 3 N–H and O–H groups in total. The van der Waals surface area contributed by atoms with Crippen molar-refractivity contribution in [2.75, 3.05) is 47.4 Å². The van der Waals surface area contributed by atoms with Crippen LogP contribution in [0.2, 0.25) is 0 Å². The van der Waals surface area contributed by atoms with E-state index in [1.54, 1.807) is 44.3 Å². The molecule has 0 spiro atoms. The number of halogens is 1. The molecule has 1 aliphatic rings. The molecule has 0 bridgehead atoms. The number of primary amides is 1. The predicted octanol–water partition coefficient (Wildman–Crippen LogP) is 6.87. The zero-order valence-corrected chi connectivity index (χ0v) is 25.2. The number of amides is 2. The molecule has 1 unspecified atom stereocenters. The molecule has 1 atom stereocenters. The number of hydrogen-bond donors (Lipinski definition) is 2. The number of unbranched alkanes of at least 4 members (excludes halogenated alkanes) is 1. The van der Waals surface area contributed by atoms with Crippen molar-refractivity contribution in [1.29, 1.82) is 0 Å². The predicted molar refractivity (Wildman–Crippen MR) is 164 cm³/mol. The summed E-state index contributed by atoms with van der Waals surface area (Å²) in [4.78, 5) is 15.0. The molecule has 218 valence electrons. The van der Waals surface area contributed by atoms with Gasteiger partial charge < -0.3 is 20.3 Å². The summed E-state index contributed by atoms with van der Waals surface area (Å²) in [7, 11) is 5.30. The number of urea groups is 1. The Morgan fingerprint density at radius 3 is 2.21 bits per heavy atom. The van der Waals surface area contributed by atoms with Gasteiger partial charge in [0.1, 0.15) is 11.6 Å². The fourth-order valence-electron chi connectivity index (χ4n) is 3.57. The summed E-state index contributed by atoms with van der Waals surface area (Å²) in [5.41, 5.74) is 7.96. The van der Waals surface area contributed by atoms with E-state index in [0.29, 0.717) is 11.4 Å². The molecule has 3 rings (SSSR count). The Bertz CT molecular complexity index is 944. The van der Waals surface area contributed by atoms with Gasteiger partial charge in [-0.2, -0.15) is 0 Å². The molecule has 7 heteroatoms. The Morgan fingerprint density at radius 2 is 1.72 bits per heavy atom. The highest BCUT2D eigenvalue weighted by atomic mass is 19.1. The minimum atomic E-state index is -0.651. The zero-order valence-electron chi connectivity index (χ0n) is 25.2. The smallest absolute Gasteiger partial charge is 0.317 e. The summed E-state index contributed by atoms with van der Waals surface area (Å²) in [6, 6.07) is 16.1. The average Bonchev–Trinajstić information content (AvgIpc) is 3.43. The highest BCUT2D eigenvalue weighted by Crippen LogP contribution is 2.26. The molecular weight excluding hydrogens is 491 g/mol. The van der Waals surface area contributed by atoms with Gasteiger partial charge >= 0.3 is 6.03 Å². The van der Waals surface area contributed by atoms with Crippen LogP contribution in [-0.4, -0.2) is 63.3 Å². The number of ether oxygens (including phenoxy) is 1. The monoisotopic (exact) mass is 542 g/mol. The van der Waals surface area contributed by atoms with Gasteiger partial charge in [-0.15, -0.1) is 0 Å². The van der Waals surface area contributed by atoms with E-state index in [-0.39, 0.29) is 5.82 Å². The van der Waals surface area contributed by atoms with Gasteiger partial charge in [0.2, 0.25) is 0 Å². The summed E-state index contributed by atoms with van der Waals surface area (Å²) in [5.74, 6) is 0.929. The summed E-state index contributed by atoms with van der Waals surface area (Å²) < 4.78 is 17.9. The third kappa shape index (κ3) is 15.8. The Labute approximate surface area is 236 Å². The van der Waals surface area contributed by atoms with Crippen molar-refractivity contribution in [3.63, 3.8) is 0 Å². The van der Waals surface area contributed by atoms with Gasteiger partial charge in [0.25, 0.3) is 0 Å². The van der Waals surface area contributed by atoms with Crippen LogP contribution in [0.15, 0.2) is 73.1 Å². The lowest BCUT2D eigenvalue weighted by Crippen LogP contribution is -2.34. The molecule has 0 aliphatic carbocycles. The van der Waals surface area contributed by atoms with Crippen molar-refractivity contribution in [2.24, 2.45) is 5.73 Å². The van der Waals surface area contributed by atoms with Gasteiger partial charge in [0.15, 0.2) is 0 Å². The first-order chi connectivity index (χ1) is 18.7. The van der Waals surface area contributed by atoms with Gasteiger partial charge in [0.05, 0.1) is 6.61 Å². The van der Waals surface area contributed by atoms with E-state index in [4.69, 9.17) is 10.5 Å². The minimum Gasteiger partial charge on any atom is -0.383 e. The van der Waals surface area contributed by atoms with Gasteiger partial charge in [-0.1, -0.05) is 89.6 Å². The number of nitrogens with zero attached hydrogens (tertiary/aromatic N) is 2. The van der Waals surface area contributed by atoms with Gasteiger partial charge in [0, 0.05) is 34.3 Å². The molecule has 1 saturated heterocycles. The fraction of sp³-hybridized carbons (Fsp3) is 0.469. The van der Waals surface area contributed by atoms with E-state index in [9.17, 15) is 9.18 Å². The first-order valence-corrected chi connectivity index (χ1v) is 13.9. The van der Waals surface area contributed by atoms with E-state index in [0.717, 1.165) is 24.6 Å². The maximum atomic E-state index is 12.8. The van der Waals surface area contributed by atoms with Crippen molar-refractivity contribution in [2.45, 2.75) is 52.9 Å². The van der Waals surface area contributed by atoms with Gasteiger partial charge in [-0.05, 0) is 53.8 Å². The van der Waals surface area contributed by atoms with Crippen molar-refractivity contribution < 1.29 is 13.9 Å². The normalized spacial score (nSPS) is 14.5. The minimum absolute atomic E-state index is 0.307. The number of likely N-dealkylation sites (tertiary alicyclic amines) is 1. The standard InChI is InChI=1S/C13H16FN3O.C13H19NO.C4H10.C2H6/c1-9(10-4-6-11(14)7-5-10)8-12(17(2)3)16-13(15)18;1-15-10-9-14-8-7-13(11-14)12-5-3-2-4-6-12;1-3-4-2;1-2/h4-8H,1H2,2-3H3,(H3,15,16,18);2-6,13H,7-11H2,1H3;3-4H2,1-2H3;1-2H3/b12-8-;;;. The van der Waals surface area contributed by atoms with Crippen molar-refractivity contribution in [3.05, 3.63) is 90.0 Å². The number of methoxy groups -OCH3 is 1. The fourth-order valence-corrected chi connectivity index (χ4v) is 3.57. The van der Waals surface area contributed by atoms with Crippen LogP contribution >= 0.6 is 0 Å². The molecule has 39 heavy (non-hydrogen) atoms. The zero-order chi connectivity index (χ0) is 29.6. The Balaban J connectivity index is 0.000000622. The lowest BCUT2D eigenvalue weighted by atomic mass is 9.99. The Morgan fingerprint density at radius 1 is 1.13 bits per heavy atom. The van der Waals surface area contributed by atoms with Gasteiger partial charge in [-0.3, -0.25) is 5.32 Å². The quantitative estimate of drug-likeness (QED) is 0.340. The van der Waals surface area contributed by atoms with Crippen LogP contribution in [-0.2, 0) is 4.74 Å². The third-order valence-electron chi connectivity index (χ3n) is 5.91. The molecule has 1 aliphatic heterocycles. The molecule has 2 aromatic carbocycles. The van der Waals surface area contributed by atoms with Crippen LogP contribution < -0.4 is 11.1 Å². The largest absolute Gasteiger partial charge is 0.383 e. The molecular formula is C32H51FN4O2. The third-order valence-corrected chi connectivity index (χ3v) is 5.91. The van der Waals surface area contributed by atoms with Gasteiger partial charge in [-0.25, -0.2) is 9.18 Å². The van der Waals surface area contributed by atoms with E-state index in [1.807, 2.05) is 13.8 Å². The Hall–Kier alpha value is -3.16. The number of benzene rings is 2. The number of carbonyl (C=O) groups is 1. The number of hydrogen-bond acceptors (Lipinski definition) is 4. The number of carbonyl (C=O) groups excluding carboxylic acids is 1. The molecule has 1 fully saturated rings. The number of allylic oxidation sites excluding steroid dienone is 2. The molecule has 0 aromatic heterocycles. The summed E-state index contributed by atoms with van der Waals surface area (Å²) in [5, 5.41) is 2.48. The summed E-state index contributed by atoms with van der Waals surface area (Å²) in [6.45, 7) is 16.5. The molecule has 0 radical (unpaired) electrons. The number of rotatable bonds is 9. The van der Waals surface area contributed by atoms with Crippen molar-refractivity contribution in [1.82, 2.24) is 15.1 Å². The molecule has 0 saturated carbocycles. The lowest BCUT2D eigenvalue weighted by Gasteiger charge is -2.17. The van der Waals surface area contributed by atoms with Crippen LogP contribution in [0.25, 0.3) is 5.57 Å². The highest BCUT2D eigenvalue weighted by Gasteiger charge is 2.22. The first kappa shape index (κ1) is 35.8. The van der Waals surface area contributed by atoms with Crippen LogP contribution in [0.1, 0.15) is 64.0 Å².